The highest BCUT2D eigenvalue weighted by atomic mass is 16.4. The van der Waals surface area contributed by atoms with Crippen LogP contribution in [-0.2, 0) is 16.0 Å². The number of aryl methyl sites for hydroxylation is 1. The Morgan fingerprint density at radius 3 is 1.79 bits per heavy atom. The molecule has 0 fully saturated rings. The summed E-state index contributed by atoms with van der Waals surface area (Å²) in [4.78, 5) is 20.3. The summed E-state index contributed by atoms with van der Waals surface area (Å²) in [5.74, 6) is -1.41. The second kappa shape index (κ2) is 9.68. The van der Waals surface area contributed by atoms with Crippen molar-refractivity contribution in [3.8, 4) is 11.5 Å². The Morgan fingerprint density at radius 2 is 1.33 bits per heavy atom. The molecule has 0 unspecified atom stereocenters. The highest BCUT2D eigenvalue weighted by Crippen LogP contribution is 2.11. The van der Waals surface area contributed by atoms with Crippen molar-refractivity contribution in [2.24, 2.45) is 0 Å². The van der Waals surface area contributed by atoms with Gasteiger partial charge in [-0.05, 0) is 47.9 Å². The van der Waals surface area contributed by atoms with Crippen LogP contribution in [0.3, 0.4) is 0 Å². The molecule has 126 valence electrons. The first-order chi connectivity index (χ1) is 11.4. The molecule has 0 spiro atoms. The molecular weight excluding hydrogens is 312 g/mol. The normalized spacial score (nSPS) is 10.0. The molecule has 0 bridgehead atoms. The van der Waals surface area contributed by atoms with Crippen LogP contribution in [-0.4, -0.2) is 32.4 Å². The average molecular weight is 330 g/mol. The Balaban J connectivity index is 0.000000240. The molecule has 0 aliphatic carbocycles. The molecule has 6 heteroatoms. The Morgan fingerprint density at radius 1 is 0.833 bits per heavy atom. The lowest BCUT2D eigenvalue weighted by molar-refractivity contribution is -0.137. The minimum Gasteiger partial charge on any atom is -0.508 e. The van der Waals surface area contributed by atoms with Gasteiger partial charge in [0.1, 0.15) is 11.5 Å². The largest absolute Gasteiger partial charge is 0.508 e. The number of aliphatic carboxylic acids is 2. The highest BCUT2D eigenvalue weighted by Gasteiger charge is 1.98. The van der Waals surface area contributed by atoms with E-state index in [1.54, 1.807) is 36.4 Å². The van der Waals surface area contributed by atoms with E-state index in [0.29, 0.717) is 6.42 Å². The molecule has 0 heterocycles. The molecule has 24 heavy (non-hydrogen) atoms. The second-order valence-electron chi connectivity index (χ2n) is 4.82. The van der Waals surface area contributed by atoms with Gasteiger partial charge in [-0.2, -0.15) is 0 Å². The van der Waals surface area contributed by atoms with Crippen molar-refractivity contribution in [3.05, 3.63) is 65.7 Å². The summed E-state index contributed by atoms with van der Waals surface area (Å²) in [7, 11) is 0. The van der Waals surface area contributed by atoms with Gasteiger partial charge in [-0.1, -0.05) is 24.3 Å². The lowest BCUT2D eigenvalue weighted by Gasteiger charge is -1.97. The molecule has 0 aliphatic rings. The van der Waals surface area contributed by atoms with Gasteiger partial charge in [-0.3, -0.25) is 4.79 Å². The number of benzene rings is 2. The molecular formula is C18H18O6. The number of phenolic OH excluding ortho intramolecular Hbond substituents is 2. The van der Waals surface area contributed by atoms with Crippen LogP contribution in [0.4, 0.5) is 0 Å². The van der Waals surface area contributed by atoms with Gasteiger partial charge in [-0.15, -0.1) is 0 Å². The van der Waals surface area contributed by atoms with Crippen LogP contribution >= 0.6 is 0 Å². The van der Waals surface area contributed by atoms with E-state index in [1.165, 1.54) is 18.2 Å². The molecule has 0 saturated heterocycles. The van der Waals surface area contributed by atoms with Crippen molar-refractivity contribution in [2.75, 3.05) is 0 Å². The van der Waals surface area contributed by atoms with E-state index in [9.17, 15) is 9.59 Å². The quantitative estimate of drug-likeness (QED) is 0.627. The van der Waals surface area contributed by atoms with Gasteiger partial charge >= 0.3 is 11.9 Å². The van der Waals surface area contributed by atoms with Crippen molar-refractivity contribution >= 4 is 18.0 Å². The molecule has 2 aromatic carbocycles. The first kappa shape index (κ1) is 18.8. The fourth-order valence-corrected chi connectivity index (χ4v) is 1.67. The Kier molecular flexibility index (Phi) is 7.57. The minimum absolute atomic E-state index is 0.130. The predicted molar refractivity (Wildman–Crippen MR) is 88.8 cm³/mol. The first-order valence-corrected chi connectivity index (χ1v) is 7.06. The van der Waals surface area contributed by atoms with Gasteiger partial charge in [0.2, 0.25) is 0 Å². The van der Waals surface area contributed by atoms with Gasteiger partial charge in [-0.25, -0.2) is 4.79 Å². The maximum atomic E-state index is 10.2. The van der Waals surface area contributed by atoms with Gasteiger partial charge in [0.15, 0.2) is 0 Å². The number of hydrogen-bond donors (Lipinski definition) is 4. The van der Waals surface area contributed by atoms with E-state index < -0.39 is 11.9 Å². The molecule has 0 radical (unpaired) electrons. The Hall–Kier alpha value is -3.28. The van der Waals surface area contributed by atoms with E-state index in [1.807, 2.05) is 0 Å². The van der Waals surface area contributed by atoms with Crippen LogP contribution in [0.25, 0.3) is 6.08 Å². The SMILES string of the molecule is O=C(O)/C=C/c1ccc(O)cc1.O=C(O)CCc1ccc(O)cc1. The standard InChI is InChI=1S/C9H10O3.C9H8O3/c2*10-8-4-1-7(2-5-8)3-6-9(11)12/h1-2,4-5,10H,3,6H2,(H,11,12);1-6,10H,(H,11,12)/b;6-3+. The van der Waals surface area contributed by atoms with Crippen LogP contribution in [0.15, 0.2) is 54.6 Å². The summed E-state index contributed by atoms with van der Waals surface area (Å²) in [6.07, 6.45) is 3.15. The van der Waals surface area contributed by atoms with Gasteiger partial charge in [0.25, 0.3) is 0 Å². The van der Waals surface area contributed by atoms with Gasteiger partial charge in [0, 0.05) is 12.5 Å². The zero-order chi connectivity index (χ0) is 17.9. The van der Waals surface area contributed by atoms with E-state index in [0.717, 1.165) is 17.2 Å². The van der Waals surface area contributed by atoms with Crippen LogP contribution in [0.1, 0.15) is 17.5 Å². The summed E-state index contributed by atoms with van der Waals surface area (Å²) in [5, 5.41) is 34.5. The van der Waals surface area contributed by atoms with Crippen molar-refractivity contribution < 1.29 is 30.0 Å². The van der Waals surface area contributed by atoms with Crippen LogP contribution < -0.4 is 0 Å². The smallest absolute Gasteiger partial charge is 0.328 e. The fourth-order valence-electron chi connectivity index (χ4n) is 1.67. The third-order valence-corrected chi connectivity index (χ3v) is 2.88. The average Bonchev–Trinajstić information content (AvgIpc) is 2.54. The topological polar surface area (TPSA) is 115 Å². The number of carboxylic acid groups (broad SMARTS) is 2. The van der Waals surface area contributed by atoms with E-state index >= 15 is 0 Å². The highest BCUT2D eigenvalue weighted by molar-refractivity contribution is 5.85. The van der Waals surface area contributed by atoms with Gasteiger partial charge < -0.3 is 20.4 Å². The van der Waals surface area contributed by atoms with Crippen LogP contribution in [0.5, 0.6) is 11.5 Å². The van der Waals surface area contributed by atoms with Crippen molar-refractivity contribution in [3.63, 3.8) is 0 Å². The number of carboxylic acids is 2. The van der Waals surface area contributed by atoms with Gasteiger partial charge in [0.05, 0.1) is 0 Å². The number of phenols is 2. The maximum absolute atomic E-state index is 10.2. The summed E-state index contributed by atoms with van der Waals surface area (Å²) in [6.45, 7) is 0. The Labute approximate surface area is 138 Å². The second-order valence-corrected chi connectivity index (χ2v) is 4.82. The molecule has 6 nitrogen and oxygen atoms in total. The molecule has 0 saturated carbocycles. The summed E-state index contributed by atoms with van der Waals surface area (Å²) < 4.78 is 0. The predicted octanol–water partition coefficient (Wildman–Crippen LogP) is 2.90. The number of hydrogen-bond acceptors (Lipinski definition) is 4. The molecule has 0 atom stereocenters. The summed E-state index contributed by atoms with van der Waals surface area (Å²) in [5.41, 5.74) is 1.67. The van der Waals surface area contributed by atoms with Crippen molar-refractivity contribution in [1.29, 1.82) is 0 Å². The summed E-state index contributed by atoms with van der Waals surface area (Å²) >= 11 is 0. The molecule has 0 aliphatic heterocycles. The molecule has 0 aromatic heterocycles. The molecule has 4 N–H and O–H groups in total. The number of carbonyl (C=O) groups is 2. The van der Waals surface area contributed by atoms with Crippen LogP contribution in [0.2, 0.25) is 0 Å². The summed E-state index contributed by atoms with van der Waals surface area (Å²) in [6, 6.07) is 12.8. The number of rotatable bonds is 5. The zero-order valence-electron chi connectivity index (χ0n) is 12.8. The molecule has 0 amide bonds. The lowest BCUT2D eigenvalue weighted by atomic mass is 10.1. The molecule has 2 rings (SSSR count). The lowest BCUT2D eigenvalue weighted by Crippen LogP contribution is -1.96. The Bertz CT molecular complexity index is 686. The van der Waals surface area contributed by atoms with E-state index in [4.69, 9.17) is 20.4 Å². The third-order valence-electron chi connectivity index (χ3n) is 2.88. The van der Waals surface area contributed by atoms with E-state index in [2.05, 4.69) is 0 Å². The molecule has 2 aromatic rings. The zero-order valence-corrected chi connectivity index (χ0v) is 12.8. The third kappa shape index (κ3) is 8.23. The first-order valence-electron chi connectivity index (χ1n) is 7.06. The van der Waals surface area contributed by atoms with Crippen LogP contribution in [0, 0.1) is 0 Å². The maximum Gasteiger partial charge on any atom is 0.328 e. The van der Waals surface area contributed by atoms with E-state index in [-0.39, 0.29) is 17.9 Å². The van der Waals surface area contributed by atoms with Crippen molar-refractivity contribution in [2.45, 2.75) is 12.8 Å². The number of aromatic hydroxyl groups is 2. The minimum atomic E-state index is -0.983. The van der Waals surface area contributed by atoms with Crippen molar-refractivity contribution in [1.82, 2.24) is 0 Å². The fraction of sp³-hybridized carbons (Fsp3) is 0.111. The monoisotopic (exact) mass is 330 g/mol.